The minimum absolute atomic E-state index is 0.0793. The predicted molar refractivity (Wildman–Crippen MR) is 125 cm³/mol. The molecule has 1 amide bonds. The highest BCUT2D eigenvalue weighted by Crippen LogP contribution is 2.33. The Morgan fingerprint density at radius 3 is 2.45 bits per heavy atom. The summed E-state index contributed by atoms with van der Waals surface area (Å²) < 4.78 is 5.85. The number of likely N-dealkylation sites (tertiary alicyclic amines) is 1. The van der Waals surface area contributed by atoms with Gasteiger partial charge in [0.05, 0.1) is 0 Å². The van der Waals surface area contributed by atoms with E-state index < -0.39 is 0 Å². The van der Waals surface area contributed by atoms with Gasteiger partial charge >= 0.3 is 0 Å². The van der Waals surface area contributed by atoms with Gasteiger partial charge in [-0.05, 0) is 97.4 Å². The van der Waals surface area contributed by atoms with Crippen LogP contribution in [0.5, 0.6) is 5.75 Å². The maximum absolute atomic E-state index is 12.8. The molecule has 5 rings (SSSR count). The largest absolute Gasteiger partial charge is 0.492 e. The number of benzene rings is 3. The number of aryl methyl sites for hydroxylation is 2. The minimum atomic E-state index is -0.0793. The van der Waals surface area contributed by atoms with Crippen LogP contribution < -0.4 is 10.1 Å². The van der Waals surface area contributed by atoms with E-state index in [-0.39, 0.29) is 5.91 Å². The molecule has 1 fully saturated rings. The number of fused-ring (bicyclic) bond motifs is 3. The molecule has 3 aromatic carbocycles. The molecule has 0 spiro atoms. The quantitative estimate of drug-likeness (QED) is 0.607. The number of amides is 1. The van der Waals surface area contributed by atoms with E-state index >= 15 is 0 Å². The molecule has 4 nitrogen and oxygen atoms in total. The minimum Gasteiger partial charge on any atom is -0.492 e. The molecule has 31 heavy (non-hydrogen) atoms. The molecule has 0 radical (unpaired) electrons. The van der Waals surface area contributed by atoms with E-state index in [9.17, 15) is 4.79 Å². The van der Waals surface area contributed by atoms with Crippen molar-refractivity contribution in [2.75, 3.05) is 31.6 Å². The van der Waals surface area contributed by atoms with Crippen LogP contribution in [0.4, 0.5) is 5.69 Å². The van der Waals surface area contributed by atoms with Crippen molar-refractivity contribution in [3.63, 3.8) is 0 Å². The van der Waals surface area contributed by atoms with Crippen molar-refractivity contribution in [2.24, 2.45) is 0 Å². The van der Waals surface area contributed by atoms with E-state index in [4.69, 9.17) is 4.74 Å². The van der Waals surface area contributed by atoms with Gasteiger partial charge in [-0.1, -0.05) is 30.3 Å². The topological polar surface area (TPSA) is 41.6 Å². The number of hydrogen-bond acceptors (Lipinski definition) is 3. The number of nitrogens with one attached hydrogen (secondary N) is 1. The van der Waals surface area contributed by atoms with Gasteiger partial charge in [-0.2, -0.15) is 0 Å². The van der Waals surface area contributed by atoms with Gasteiger partial charge in [0.25, 0.3) is 5.91 Å². The standard InChI is InChI=1S/C27H28N2O2/c30-27(22-9-14-26-21(19-22)8-7-20-5-1-2-6-25(20)26)28-23-10-12-24(13-11-23)31-18-17-29-15-3-4-16-29/h1-2,5-6,9-14,19H,3-4,7-8,15-18H2,(H,28,30). The van der Waals surface area contributed by atoms with Gasteiger partial charge in [-0.15, -0.1) is 0 Å². The van der Waals surface area contributed by atoms with Gasteiger partial charge in [0.15, 0.2) is 0 Å². The molecular formula is C27H28N2O2. The third kappa shape index (κ3) is 4.49. The van der Waals surface area contributed by atoms with Gasteiger partial charge in [0.2, 0.25) is 0 Å². The van der Waals surface area contributed by atoms with E-state index in [1.165, 1.54) is 48.2 Å². The van der Waals surface area contributed by atoms with Gasteiger partial charge in [0, 0.05) is 17.8 Å². The first-order valence-corrected chi connectivity index (χ1v) is 11.2. The zero-order chi connectivity index (χ0) is 21.0. The highest BCUT2D eigenvalue weighted by molar-refractivity contribution is 6.04. The number of anilines is 1. The molecule has 1 N–H and O–H groups in total. The summed E-state index contributed by atoms with van der Waals surface area (Å²) in [6.45, 7) is 4.04. The summed E-state index contributed by atoms with van der Waals surface area (Å²) in [5.41, 5.74) is 6.64. The fourth-order valence-corrected chi connectivity index (χ4v) is 4.61. The number of ether oxygens (including phenoxy) is 1. The molecule has 1 aliphatic carbocycles. The lowest BCUT2D eigenvalue weighted by atomic mass is 9.85. The summed E-state index contributed by atoms with van der Waals surface area (Å²) in [7, 11) is 0. The third-order valence-corrected chi connectivity index (χ3v) is 6.33. The van der Waals surface area contributed by atoms with Crippen LogP contribution in [0.2, 0.25) is 0 Å². The summed E-state index contributed by atoms with van der Waals surface area (Å²) in [6, 6.07) is 22.2. The van der Waals surface area contributed by atoms with Crippen LogP contribution in [-0.4, -0.2) is 37.0 Å². The van der Waals surface area contributed by atoms with Gasteiger partial charge in [0.1, 0.15) is 12.4 Å². The number of rotatable bonds is 6. The van der Waals surface area contributed by atoms with Crippen LogP contribution in [0.15, 0.2) is 66.7 Å². The van der Waals surface area contributed by atoms with E-state index in [1.807, 2.05) is 36.4 Å². The first-order chi connectivity index (χ1) is 15.3. The van der Waals surface area contributed by atoms with E-state index in [1.54, 1.807) is 0 Å². The summed E-state index contributed by atoms with van der Waals surface area (Å²) >= 11 is 0. The van der Waals surface area contributed by atoms with E-state index in [0.717, 1.165) is 30.8 Å². The molecule has 0 saturated carbocycles. The molecule has 3 aromatic rings. The van der Waals surface area contributed by atoms with E-state index in [0.29, 0.717) is 12.2 Å². The Kier molecular flexibility index (Phi) is 5.72. The zero-order valence-corrected chi connectivity index (χ0v) is 17.8. The molecular weight excluding hydrogens is 384 g/mol. The maximum Gasteiger partial charge on any atom is 0.255 e. The van der Waals surface area contributed by atoms with Crippen LogP contribution in [0.25, 0.3) is 11.1 Å². The first kappa shape index (κ1) is 19.8. The van der Waals surface area contributed by atoms with Crippen LogP contribution in [-0.2, 0) is 12.8 Å². The molecule has 158 valence electrons. The Labute approximate surface area is 183 Å². The molecule has 1 aliphatic heterocycles. The molecule has 4 heteroatoms. The molecule has 0 atom stereocenters. The summed E-state index contributed by atoms with van der Waals surface area (Å²) in [5.74, 6) is 0.758. The lowest BCUT2D eigenvalue weighted by Gasteiger charge is -2.20. The predicted octanol–water partition coefficient (Wildman–Crippen LogP) is 5.18. The SMILES string of the molecule is O=C(Nc1ccc(OCCN2CCCC2)cc1)c1ccc2c(c1)CCc1ccccc1-2. The fourth-order valence-electron chi connectivity index (χ4n) is 4.61. The van der Waals surface area contributed by atoms with Gasteiger partial charge < -0.3 is 10.1 Å². The highest BCUT2D eigenvalue weighted by atomic mass is 16.5. The number of nitrogens with zero attached hydrogens (tertiary/aromatic N) is 1. The Bertz CT molecular complexity index is 1070. The molecule has 0 unspecified atom stereocenters. The number of carbonyl (C=O) groups is 1. The summed E-state index contributed by atoms with van der Waals surface area (Å²) in [6.07, 6.45) is 4.59. The van der Waals surface area contributed by atoms with Crippen LogP contribution in [0.1, 0.15) is 34.3 Å². The molecule has 0 aromatic heterocycles. The Balaban J connectivity index is 1.20. The van der Waals surface area contributed by atoms with Crippen molar-refractivity contribution in [2.45, 2.75) is 25.7 Å². The third-order valence-electron chi connectivity index (χ3n) is 6.33. The molecule has 2 aliphatic rings. The average Bonchev–Trinajstić information content (AvgIpc) is 3.33. The fraction of sp³-hybridized carbons (Fsp3) is 0.296. The zero-order valence-electron chi connectivity index (χ0n) is 17.8. The van der Waals surface area contributed by atoms with Crippen molar-refractivity contribution < 1.29 is 9.53 Å². The van der Waals surface area contributed by atoms with Crippen LogP contribution in [0.3, 0.4) is 0 Å². The van der Waals surface area contributed by atoms with Gasteiger partial charge in [-0.25, -0.2) is 0 Å². The molecule has 0 bridgehead atoms. The first-order valence-electron chi connectivity index (χ1n) is 11.2. The number of carbonyl (C=O) groups excluding carboxylic acids is 1. The monoisotopic (exact) mass is 412 g/mol. The summed E-state index contributed by atoms with van der Waals surface area (Å²) in [5, 5.41) is 3.01. The van der Waals surface area contributed by atoms with E-state index in [2.05, 4.69) is 40.5 Å². The lowest BCUT2D eigenvalue weighted by Crippen LogP contribution is -2.25. The smallest absolute Gasteiger partial charge is 0.255 e. The van der Waals surface area contributed by atoms with Gasteiger partial charge in [-0.3, -0.25) is 9.69 Å². The van der Waals surface area contributed by atoms with Crippen molar-refractivity contribution in [1.29, 1.82) is 0 Å². The lowest BCUT2D eigenvalue weighted by molar-refractivity contribution is 0.102. The average molecular weight is 413 g/mol. The van der Waals surface area contributed by atoms with Crippen molar-refractivity contribution in [3.8, 4) is 16.9 Å². The molecule has 1 saturated heterocycles. The summed E-state index contributed by atoms with van der Waals surface area (Å²) in [4.78, 5) is 15.2. The van der Waals surface area contributed by atoms with Crippen molar-refractivity contribution >= 4 is 11.6 Å². The second-order valence-corrected chi connectivity index (χ2v) is 8.40. The van der Waals surface area contributed by atoms with Crippen molar-refractivity contribution in [1.82, 2.24) is 4.90 Å². The Hall–Kier alpha value is -3.11. The maximum atomic E-state index is 12.8. The normalized spacial score (nSPS) is 15.2. The Morgan fingerprint density at radius 1 is 0.871 bits per heavy atom. The van der Waals surface area contributed by atoms with Crippen molar-refractivity contribution in [3.05, 3.63) is 83.4 Å². The van der Waals surface area contributed by atoms with Crippen LogP contribution in [0, 0.1) is 0 Å². The second kappa shape index (κ2) is 8.94. The van der Waals surface area contributed by atoms with Crippen LogP contribution >= 0.6 is 0 Å². The molecule has 1 heterocycles. The highest BCUT2D eigenvalue weighted by Gasteiger charge is 2.17. The second-order valence-electron chi connectivity index (χ2n) is 8.40. The number of hydrogen-bond donors (Lipinski definition) is 1. The Morgan fingerprint density at radius 2 is 1.61 bits per heavy atom.